The highest BCUT2D eigenvalue weighted by Crippen LogP contribution is 2.22. The molecule has 22 heavy (non-hydrogen) atoms. The first-order valence-electron chi connectivity index (χ1n) is 6.46. The summed E-state index contributed by atoms with van der Waals surface area (Å²) in [5.74, 6) is 1.56. The van der Waals surface area contributed by atoms with Gasteiger partial charge in [-0.25, -0.2) is 5.43 Å². The number of anilines is 1. The molecule has 3 aromatic rings. The molecule has 2 N–H and O–H groups in total. The average Bonchev–Trinajstić information content (AvgIpc) is 3.19. The Balaban J connectivity index is 1.70. The summed E-state index contributed by atoms with van der Waals surface area (Å²) in [6.45, 7) is 1.53. The van der Waals surface area contributed by atoms with Gasteiger partial charge >= 0.3 is 0 Å². The Bertz CT molecular complexity index is 789. The number of hydrogen-bond donors (Lipinski definition) is 2. The van der Waals surface area contributed by atoms with Gasteiger partial charge in [-0.2, -0.15) is 10.3 Å². The van der Waals surface area contributed by atoms with Gasteiger partial charge in [0, 0.05) is 11.1 Å². The van der Waals surface area contributed by atoms with Crippen LogP contribution >= 0.6 is 0 Å². The van der Waals surface area contributed by atoms with Gasteiger partial charge in [-0.3, -0.25) is 4.79 Å². The zero-order valence-electron chi connectivity index (χ0n) is 11.6. The molecule has 0 spiro atoms. The highest BCUT2D eigenvalue weighted by molar-refractivity contribution is 5.94. The molecule has 110 valence electrons. The van der Waals surface area contributed by atoms with Crippen LogP contribution in [0.5, 0.6) is 0 Å². The molecule has 0 bridgehead atoms. The topological polar surface area (TPSA) is 109 Å². The van der Waals surface area contributed by atoms with E-state index < -0.39 is 0 Å². The number of H-pyrrole nitrogens is 1. The van der Waals surface area contributed by atoms with Crippen molar-refractivity contribution in [3.8, 4) is 11.3 Å². The summed E-state index contributed by atoms with van der Waals surface area (Å²) in [6.07, 6.45) is 1.50. The Morgan fingerprint density at radius 3 is 2.77 bits per heavy atom. The van der Waals surface area contributed by atoms with Crippen LogP contribution in [0, 0.1) is 0 Å². The lowest BCUT2D eigenvalue weighted by Crippen LogP contribution is -1.91. The third-order valence-electron chi connectivity index (χ3n) is 2.90. The Morgan fingerprint density at radius 2 is 2.09 bits per heavy atom. The number of ketones is 1. The molecule has 0 amide bonds. The highest BCUT2D eigenvalue weighted by atomic mass is 16.3. The zero-order chi connectivity index (χ0) is 15.4. The van der Waals surface area contributed by atoms with E-state index in [0.29, 0.717) is 17.1 Å². The Kier molecular flexibility index (Phi) is 3.73. The predicted octanol–water partition coefficient (Wildman–Crippen LogP) is 2.11. The number of aromatic nitrogens is 4. The molecule has 0 aliphatic rings. The molecule has 0 aliphatic heterocycles. The van der Waals surface area contributed by atoms with Crippen LogP contribution in [-0.2, 0) is 0 Å². The van der Waals surface area contributed by atoms with Crippen molar-refractivity contribution in [2.75, 3.05) is 5.43 Å². The predicted molar refractivity (Wildman–Crippen MR) is 79.5 cm³/mol. The van der Waals surface area contributed by atoms with Gasteiger partial charge in [-0.15, -0.1) is 5.10 Å². The van der Waals surface area contributed by atoms with Crippen LogP contribution in [0.25, 0.3) is 11.3 Å². The lowest BCUT2D eigenvalue weighted by molar-refractivity contribution is 0.101. The fourth-order valence-electron chi connectivity index (χ4n) is 1.81. The van der Waals surface area contributed by atoms with Gasteiger partial charge in [0.1, 0.15) is 11.5 Å². The fourth-order valence-corrected chi connectivity index (χ4v) is 1.81. The zero-order valence-corrected chi connectivity index (χ0v) is 11.6. The standard InChI is InChI=1S/C14H12N6O2/c1-9(21)10-2-4-11(5-3-10)13-7-6-12(22-13)8-15-16-14-17-19-20-18-14/h2-8H,1H3,(H2,16,17,18,19,20). The van der Waals surface area contributed by atoms with E-state index in [1.165, 1.54) is 13.1 Å². The van der Waals surface area contributed by atoms with Crippen LogP contribution in [0.15, 0.2) is 45.9 Å². The lowest BCUT2D eigenvalue weighted by Gasteiger charge is -1.98. The molecule has 1 aromatic carbocycles. The molecule has 0 unspecified atom stereocenters. The van der Waals surface area contributed by atoms with Gasteiger partial charge < -0.3 is 4.42 Å². The number of carbonyl (C=O) groups is 1. The number of rotatable bonds is 5. The van der Waals surface area contributed by atoms with Crippen molar-refractivity contribution in [2.45, 2.75) is 6.92 Å². The molecule has 8 heteroatoms. The van der Waals surface area contributed by atoms with E-state index in [0.717, 1.165) is 5.56 Å². The monoisotopic (exact) mass is 296 g/mol. The van der Waals surface area contributed by atoms with Crippen LogP contribution in [-0.4, -0.2) is 32.6 Å². The first kappa shape index (κ1) is 13.7. The quantitative estimate of drug-likeness (QED) is 0.424. The smallest absolute Gasteiger partial charge is 0.283 e. The van der Waals surface area contributed by atoms with E-state index in [-0.39, 0.29) is 11.7 Å². The van der Waals surface area contributed by atoms with Gasteiger partial charge in [-0.1, -0.05) is 29.4 Å². The van der Waals surface area contributed by atoms with Gasteiger partial charge in [0.15, 0.2) is 5.78 Å². The number of aromatic amines is 1. The molecule has 2 aromatic heterocycles. The second-order valence-corrected chi connectivity index (χ2v) is 4.44. The summed E-state index contributed by atoms with van der Waals surface area (Å²) < 4.78 is 5.65. The van der Waals surface area contributed by atoms with Gasteiger partial charge in [0.2, 0.25) is 0 Å². The van der Waals surface area contributed by atoms with Crippen LogP contribution in [0.3, 0.4) is 0 Å². The van der Waals surface area contributed by atoms with Crippen molar-refractivity contribution in [1.29, 1.82) is 0 Å². The second kappa shape index (κ2) is 6.00. The van der Waals surface area contributed by atoms with E-state index >= 15 is 0 Å². The second-order valence-electron chi connectivity index (χ2n) is 4.44. The molecule has 0 fully saturated rings. The first-order valence-corrected chi connectivity index (χ1v) is 6.46. The van der Waals surface area contributed by atoms with E-state index in [1.807, 2.05) is 18.2 Å². The maximum absolute atomic E-state index is 11.2. The van der Waals surface area contributed by atoms with E-state index in [9.17, 15) is 4.79 Å². The van der Waals surface area contributed by atoms with Crippen molar-refractivity contribution in [1.82, 2.24) is 20.6 Å². The van der Waals surface area contributed by atoms with Crippen molar-refractivity contribution >= 4 is 17.9 Å². The van der Waals surface area contributed by atoms with Gasteiger partial charge in [-0.05, 0) is 24.3 Å². The van der Waals surface area contributed by atoms with Crippen molar-refractivity contribution in [2.24, 2.45) is 5.10 Å². The van der Waals surface area contributed by atoms with Gasteiger partial charge in [0.25, 0.3) is 5.95 Å². The average molecular weight is 296 g/mol. The molecular weight excluding hydrogens is 284 g/mol. The van der Waals surface area contributed by atoms with Crippen LogP contribution in [0.2, 0.25) is 0 Å². The Hall–Kier alpha value is -3.29. The van der Waals surface area contributed by atoms with Crippen LogP contribution in [0.4, 0.5) is 5.95 Å². The third kappa shape index (κ3) is 3.06. The molecule has 0 atom stereocenters. The number of hydrazone groups is 1. The van der Waals surface area contributed by atoms with E-state index in [4.69, 9.17) is 4.42 Å². The number of Topliss-reactive ketones (excluding diaryl/α,β-unsaturated/α-hetero) is 1. The number of furan rings is 1. The summed E-state index contributed by atoms with van der Waals surface area (Å²) in [5.41, 5.74) is 4.15. The number of nitrogens with zero attached hydrogens (tertiary/aromatic N) is 4. The minimum Gasteiger partial charge on any atom is -0.455 e. The summed E-state index contributed by atoms with van der Waals surface area (Å²) >= 11 is 0. The van der Waals surface area contributed by atoms with Crippen molar-refractivity contribution in [3.63, 3.8) is 0 Å². The largest absolute Gasteiger partial charge is 0.455 e. The molecule has 0 aliphatic carbocycles. The Labute approximate surface area is 125 Å². The summed E-state index contributed by atoms with van der Waals surface area (Å²) in [5, 5.41) is 17.0. The molecule has 3 rings (SSSR count). The van der Waals surface area contributed by atoms with E-state index in [2.05, 4.69) is 31.2 Å². The molecular formula is C14H12N6O2. The maximum atomic E-state index is 11.2. The van der Waals surface area contributed by atoms with Crippen LogP contribution in [0.1, 0.15) is 23.0 Å². The van der Waals surface area contributed by atoms with Crippen molar-refractivity contribution in [3.05, 3.63) is 47.7 Å². The molecule has 0 radical (unpaired) electrons. The molecule has 8 nitrogen and oxygen atoms in total. The minimum atomic E-state index is 0.0337. The third-order valence-corrected chi connectivity index (χ3v) is 2.90. The number of carbonyl (C=O) groups excluding carboxylic acids is 1. The fraction of sp³-hybridized carbons (Fsp3) is 0.0714. The normalized spacial score (nSPS) is 11.0. The molecule has 0 saturated carbocycles. The maximum Gasteiger partial charge on any atom is 0.283 e. The lowest BCUT2D eigenvalue weighted by atomic mass is 10.1. The summed E-state index contributed by atoms with van der Waals surface area (Å²) in [4.78, 5) is 11.2. The van der Waals surface area contributed by atoms with Crippen molar-refractivity contribution < 1.29 is 9.21 Å². The number of nitrogens with one attached hydrogen (secondary N) is 2. The Morgan fingerprint density at radius 1 is 1.27 bits per heavy atom. The molecule has 2 heterocycles. The van der Waals surface area contributed by atoms with Crippen LogP contribution < -0.4 is 5.43 Å². The van der Waals surface area contributed by atoms with E-state index in [1.54, 1.807) is 18.2 Å². The number of hydrogen-bond acceptors (Lipinski definition) is 7. The number of benzene rings is 1. The highest BCUT2D eigenvalue weighted by Gasteiger charge is 2.05. The molecule has 0 saturated heterocycles. The first-order chi connectivity index (χ1) is 10.7. The summed E-state index contributed by atoms with van der Waals surface area (Å²) in [7, 11) is 0. The van der Waals surface area contributed by atoms with Gasteiger partial charge in [0.05, 0.1) is 6.21 Å². The SMILES string of the molecule is CC(=O)c1ccc(-c2ccc(C=NNc3nn[nH]n3)o2)cc1. The number of tetrazole rings is 1. The summed E-state index contributed by atoms with van der Waals surface area (Å²) in [6, 6.07) is 10.8. The minimum absolute atomic E-state index is 0.0337.